The normalized spacial score (nSPS) is 11.6. The molecular formula is C22H28BrNO4. The van der Waals surface area contributed by atoms with Crippen LogP contribution in [0.1, 0.15) is 43.4 Å². The Morgan fingerprint density at radius 1 is 1.00 bits per heavy atom. The van der Waals surface area contributed by atoms with Crippen LogP contribution in [0.15, 0.2) is 40.9 Å². The molecule has 0 spiro atoms. The molecule has 0 aromatic heterocycles. The summed E-state index contributed by atoms with van der Waals surface area (Å²) in [6, 6.07) is 11.9. The highest BCUT2D eigenvalue weighted by molar-refractivity contribution is 9.10. The third-order valence-corrected chi connectivity index (χ3v) is 5.13. The first kappa shape index (κ1) is 22.1. The van der Waals surface area contributed by atoms with E-state index < -0.39 is 0 Å². The van der Waals surface area contributed by atoms with Crippen LogP contribution in [0.3, 0.4) is 0 Å². The lowest BCUT2D eigenvalue weighted by Gasteiger charge is -2.19. The molecule has 0 aliphatic heterocycles. The van der Waals surface area contributed by atoms with Gasteiger partial charge >= 0.3 is 0 Å². The van der Waals surface area contributed by atoms with Crippen molar-refractivity contribution in [2.75, 3.05) is 21.3 Å². The number of carbonyl (C=O) groups is 1. The minimum Gasteiger partial charge on any atom is -0.493 e. The first-order valence-corrected chi connectivity index (χ1v) is 10.1. The second kappa shape index (κ2) is 11.0. The number of ether oxygens (including phenoxy) is 3. The summed E-state index contributed by atoms with van der Waals surface area (Å²) in [6.45, 7) is 1.94. The molecule has 152 valence electrons. The van der Waals surface area contributed by atoms with Gasteiger partial charge in [-0.25, -0.2) is 0 Å². The summed E-state index contributed by atoms with van der Waals surface area (Å²) >= 11 is 3.44. The van der Waals surface area contributed by atoms with E-state index in [9.17, 15) is 4.79 Å². The average Bonchev–Trinajstić information content (AvgIpc) is 2.71. The van der Waals surface area contributed by atoms with E-state index in [2.05, 4.69) is 33.4 Å². The lowest BCUT2D eigenvalue weighted by molar-refractivity contribution is -0.121. The maximum Gasteiger partial charge on any atom is 0.220 e. The number of halogens is 1. The Labute approximate surface area is 175 Å². The Balaban J connectivity index is 1.87. The van der Waals surface area contributed by atoms with Crippen molar-refractivity contribution >= 4 is 21.8 Å². The molecule has 0 saturated carbocycles. The Kier molecular flexibility index (Phi) is 8.64. The van der Waals surface area contributed by atoms with Crippen LogP contribution < -0.4 is 19.5 Å². The van der Waals surface area contributed by atoms with Gasteiger partial charge in [0.1, 0.15) is 0 Å². The minimum atomic E-state index is -0.160. The molecule has 28 heavy (non-hydrogen) atoms. The quantitative estimate of drug-likeness (QED) is 0.514. The molecule has 0 heterocycles. The number of unbranched alkanes of at least 4 members (excludes halogenated alkanes) is 1. The molecule has 1 atom stereocenters. The van der Waals surface area contributed by atoms with E-state index in [-0.39, 0.29) is 11.9 Å². The molecule has 6 heteroatoms. The Morgan fingerprint density at radius 2 is 1.61 bits per heavy atom. The van der Waals surface area contributed by atoms with Crippen molar-refractivity contribution in [2.45, 2.75) is 38.6 Å². The third kappa shape index (κ3) is 6.16. The molecule has 2 aromatic carbocycles. The van der Waals surface area contributed by atoms with Gasteiger partial charge in [-0.2, -0.15) is 0 Å². The van der Waals surface area contributed by atoms with Gasteiger partial charge in [0.2, 0.25) is 11.7 Å². The highest BCUT2D eigenvalue weighted by Gasteiger charge is 2.17. The number of rotatable bonds is 10. The van der Waals surface area contributed by atoms with Crippen molar-refractivity contribution in [3.05, 3.63) is 52.0 Å². The standard InChI is InChI=1S/C22H28BrNO4/c1-15(17-13-19(26-2)22(28-4)20(14-17)27-3)24-21(25)8-6-5-7-16-9-11-18(23)12-10-16/h9-15H,5-8H2,1-4H3,(H,24,25). The number of carbonyl (C=O) groups excluding carboxylic acids is 1. The number of hydrogen-bond donors (Lipinski definition) is 1. The molecule has 1 N–H and O–H groups in total. The van der Waals surface area contributed by atoms with Gasteiger partial charge in [0.05, 0.1) is 27.4 Å². The number of hydrogen-bond acceptors (Lipinski definition) is 4. The zero-order valence-electron chi connectivity index (χ0n) is 16.9. The zero-order chi connectivity index (χ0) is 20.5. The van der Waals surface area contributed by atoms with E-state index >= 15 is 0 Å². The van der Waals surface area contributed by atoms with Gasteiger partial charge in [-0.15, -0.1) is 0 Å². The molecule has 0 aliphatic carbocycles. The summed E-state index contributed by atoms with van der Waals surface area (Å²) in [6.07, 6.45) is 3.31. The highest BCUT2D eigenvalue weighted by atomic mass is 79.9. The van der Waals surface area contributed by atoms with Gasteiger partial charge in [0.25, 0.3) is 0 Å². The fraction of sp³-hybridized carbons (Fsp3) is 0.409. The molecule has 0 saturated heterocycles. The largest absolute Gasteiger partial charge is 0.493 e. The Bertz CT molecular complexity index is 752. The first-order chi connectivity index (χ1) is 13.5. The van der Waals surface area contributed by atoms with Gasteiger partial charge in [-0.1, -0.05) is 28.1 Å². The predicted octanol–water partition coefficient (Wildman–Crippen LogP) is 5.07. The van der Waals surface area contributed by atoms with Crippen LogP contribution in [0.25, 0.3) is 0 Å². The molecule has 0 radical (unpaired) electrons. The molecular weight excluding hydrogens is 422 g/mol. The molecule has 0 fully saturated rings. The zero-order valence-corrected chi connectivity index (χ0v) is 18.5. The second-order valence-corrected chi connectivity index (χ2v) is 7.50. The van der Waals surface area contributed by atoms with Crippen LogP contribution in [0.4, 0.5) is 0 Å². The van der Waals surface area contributed by atoms with Gasteiger partial charge in [0, 0.05) is 10.9 Å². The van der Waals surface area contributed by atoms with Crippen LogP contribution in [-0.2, 0) is 11.2 Å². The van der Waals surface area contributed by atoms with E-state index in [0.717, 1.165) is 29.3 Å². The topological polar surface area (TPSA) is 56.8 Å². The van der Waals surface area contributed by atoms with E-state index in [1.807, 2.05) is 31.2 Å². The molecule has 2 aromatic rings. The monoisotopic (exact) mass is 449 g/mol. The van der Waals surface area contributed by atoms with E-state index in [1.165, 1.54) is 5.56 Å². The number of nitrogens with one attached hydrogen (secondary N) is 1. The van der Waals surface area contributed by atoms with E-state index in [0.29, 0.717) is 23.7 Å². The van der Waals surface area contributed by atoms with Crippen molar-refractivity contribution in [1.82, 2.24) is 5.32 Å². The fourth-order valence-corrected chi connectivity index (χ4v) is 3.28. The number of benzene rings is 2. The number of methoxy groups -OCH3 is 3. The van der Waals surface area contributed by atoms with Gasteiger partial charge in [-0.3, -0.25) is 4.79 Å². The summed E-state index contributed by atoms with van der Waals surface area (Å²) in [7, 11) is 4.73. The maximum atomic E-state index is 12.3. The lowest BCUT2D eigenvalue weighted by atomic mass is 10.1. The van der Waals surface area contributed by atoms with Gasteiger partial charge in [-0.05, 0) is 61.6 Å². The summed E-state index contributed by atoms with van der Waals surface area (Å²) < 4.78 is 17.2. The predicted molar refractivity (Wildman–Crippen MR) is 114 cm³/mol. The lowest BCUT2D eigenvalue weighted by Crippen LogP contribution is -2.26. The molecule has 0 aliphatic rings. The smallest absolute Gasteiger partial charge is 0.220 e. The summed E-state index contributed by atoms with van der Waals surface area (Å²) in [4.78, 5) is 12.3. The molecule has 5 nitrogen and oxygen atoms in total. The highest BCUT2D eigenvalue weighted by Crippen LogP contribution is 2.39. The van der Waals surface area contributed by atoms with E-state index in [1.54, 1.807) is 21.3 Å². The summed E-state index contributed by atoms with van der Waals surface area (Å²) in [5.41, 5.74) is 2.19. The van der Waals surface area contributed by atoms with Gasteiger partial charge in [0.15, 0.2) is 11.5 Å². The van der Waals surface area contributed by atoms with Crippen LogP contribution in [-0.4, -0.2) is 27.2 Å². The Hall–Kier alpha value is -2.21. The van der Waals surface area contributed by atoms with Crippen molar-refractivity contribution in [3.63, 3.8) is 0 Å². The molecule has 1 unspecified atom stereocenters. The number of amides is 1. The van der Waals surface area contributed by atoms with Crippen molar-refractivity contribution in [1.29, 1.82) is 0 Å². The minimum absolute atomic E-state index is 0.0389. The second-order valence-electron chi connectivity index (χ2n) is 6.58. The van der Waals surface area contributed by atoms with Crippen LogP contribution in [0.2, 0.25) is 0 Å². The molecule has 2 rings (SSSR count). The average molecular weight is 450 g/mol. The first-order valence-electron chi connectivity index (χ1n) is 9.32. The van der Waals surface area contributed by atoms with Crippen molar-refractivity contribution in [2.24, 2.45) is 0 Å². The van der Waals surface area contributed by atoms with Crippen LogP contribution >= 0.6 is 15.9 Å². The van der Waals surface area contributed by atoms with Gasteiger partial charge < -0.3 is 19.5 Å². The molecule has 1 amide bonds. The Morgan fingerprint density at radius 3 is 2.14 bits per heavy atom. The molecule has 0 bridgehead atoms. The SMILES string of the molecule is COc1cc(C(C)NC(=O)CCCCc2ccc(Br)cc2)cc(OC)c1OC. The fourth-order valence-electron chi connectivity index (χ4n) is 3.01. The summed E-state index contributed by atoms with van der Waals surface area (Å²) in [5.74, 6) is 1.73. The summed E-state index contributed by atoms with van der Waals surface area (Å²) in [5, 5.41) is 3.05. The van der Waals surface area contributed by atoms with Crippen molar-refractivity contribution < 1.29 is 19.0 Å². The van der Waals surface area contributed by atoms with Crippen molar-refractivity contribution in [3.8, 4) is 17.2 Å². The third-order valence-electron chi connectivity index (χ3n) is 4.60. The van der Waals surface area contributed by atoms with Crippen LogP contribution in [0, 0.1) is 0 Å². The van der Waals surface area contributed by atoms with Crippen LogP contribution in [0.5, 0.6) is 17.2 Å². The van der Waals surface area contributed by atoms with E-state index in [4.69, 9.17) is 14.2 Å². The number of aryl methyl sites for hydroxylation is 1. The maximum absolute atomic E-state index is 12.3.